The molecule has 3 aromatic rings. The molecule has 0 amide bonds. The van der Waals surface area contributed by atoms with E-state index in [0.29, 0.717) is 0 Å². The Bertz CT molecular complexity index is 672. The summed E-state index contributed by atoms with van der Waals surface area (Å²) in [5.41, 5.74) is 2.88. The third-order valence-corrected chi connectivity index (χ3v) is 2.68. The van der Waals surface area contributed by atoms with Gasteiger partial charge in [-0.3, -0.25) is 0 Å². The first kappa shape index (κ1) is 11.3. The predicted octanol–water partition coefficient (Wildman–Crippen LogP) is 3.04. The van der Waals surface area contributed by atoms with Gasteiger partial charge in [0.2, 0.25) is 0 Å². The number of hydrogen-bond acceptors (Lipinski definition) is 3. The van der Waals surface area contributed by atoms with Crippen LogP contribution in [0.3, 0.4) is 0 Å². The van der Waals surface area contributed by atoms with Crippen LogP contribution in [0.15, 0.2) is 55.1 Å². The average molecular weight is 248 g/mol. The summed E-state index contributed by atoms with van der Waals surface area (Å²) in [6, 6.07) is 11.9. The van der Waals surface area contributed by atoms with Gasteiger partial charge in [0.25, 0.3) is 0 Å². The van der Waals surface area contributed by atoms with Gasteiger partial charge >= 0.3 is 0 Å². The Hall–Kier alpha value is -2.75. The maximum atomic E-state index is 4.36. The molecule has 3 rings (SSSR count). The Labute approximate surface area is 110 Å². The summed E-state index contributed by atoms with van der Waals surface area (Å²) in [5, 5.41) is 0. The highest BCUT2D eigenvalue weighted by atomic mass is 14.9. The third kappa shape index (κ3) is 2.74. The number of rotatable bonds is 3. The van der Waals surface area contributed by atoms with Crippen molar-refractivity contribution in [1.82, 2.24) is 19.9 Å². The number of nitrogens with one attached hydrogen (secondary N) is 1. The summed E-state index contributed by atoms with van der Waals surface area (Å²) in [5.74, 6) is 0.864. The lowest BCUT2D eigenvalue weighted by molar-refractivity contribution is 1.15. The van der Waals surface area contributed by atoms with E-state index in [1.165, 1.54) is 6.33 Å². The molecule has 0 bridgehead atoms. The van der Waals surface area contributed by atoms with Crippen molar-refractivity contribution >= 4 is 12.2 Å². The van der Waals surface area contributed by atoms with Crippen molar-refractivity contribution in [2.24, 2.45) is 0 Å². The monoisotopic (exact) mass is 248 g/mol. The van der Waals surface area contributed by atoms with Crippen LogP contribution in [0.25, 0.3) is 23.5 Å². The fourth-order valence-corrected chi connectivity index (χ4v) is 1.74. The van der Waals surface area contributed by atoms with Crippen LogP contribution in [0.1, 0.15) is 11.4 Å². The van der Waals surface area contributed by atoms with Crippen LogP contribution in [-0.2, 0) is 0 Å². The molecule has 1 N–H and O–H groups in total. The summed E-state index contributed by atoms with van der Waals surface area (Å²) in [6.07, 6.45) is 8.92. The molecule has 4 nitrogen and oxygen atoms in total. The van der Waals surface area contributed by atoms with E-state index >= 15 is 0 Å². The molecule has 0 atom stereocenters. The summed E-state index contributed by atoms with van der Waals surface area (Å²) >= 11 is 0. The van der Waals surface area contributed by atoms with Crippen molar-refractivity contribution in [3.05, 3.63) is 66.5 Å². The highest BCUT2D eigenvalue weighted by Crippen LogP contribution is 2.15. The van der Waals surface area contributed by atoms with Gasteiger partial charge in [0, 0.05) is 11.8 Å². The van der Waals surface area contributed by atoms with Crippen molar-refractivity contribution in [3.63, 3.8) is 0 Å². The molecule has 0 spiro atoms. The molecule has 0 radical (unpaired) electrons. The lowest BCUT2D eigenvalue weighted by Gasteiger charge is -1.94. The number of hydrogen-bond donors (Lipinski definition) is 1. The second-order valence-electron chi connectivity index (χ2n) is 4.02. The van der Waals surface area contributed by atoms with Crippen molar-refractivity contribution in [2.75, 3.05) is 0 Å². The van der Waals surface area contributed by atoms with Crippen LogP contribution < -0.4 is 0 Å². The Morgan fingerprint density at radius 2 is 1.84 bits per heavy atom. The van der Waals surface area contributed by atoms with Crippen LogP contribution in [-0.4, -0.2) is 19.9 Å². The maximum absolute atomic E-state index is 4.36. The molecule has 0 unspecified atom stereocenters. The van der Waals surface area contributed by atoms with Gasteiger partial charge in [0.1, 0.15) is 12.2 Å². The van der Waals surface area contributed by atoms with Crippen LogP contribution in [0.5, 0.6) is 0 Å². The van der Waals surface area contributed by atoms with Crippen molar-refractivity contribution in [1.29, 1.82) is 0 Å². The lowest BCUT2D eigenvalue weighted by Crippen LogP contribution is -1.80. The van der Waals surface area contributed by atoms with Crippen molar-refractivity contribution < 1.29 is 0 Å². The van der Waals surface area contributed by atoms with E-state index in [4.69, 9.17) is 0 Å². The van der Waals surface area contributed by atoms with E-state index in [2.05, 4.69) is 19.9 Å². The molecular formula is C15H12N4. The Morgan fingerprint density at radius 1 is 0.947 bits per heavy atom. The Kier molecular flexibility index (Phi) is 3.14. The molecule has 0 aliphatic rings. The van der Waals surface area contributed by atoms with Crippen LogP contribution in [0.2, 0.25) is 0 Å². The number of H-pyrrole nitrogens is 1. The minimum atomic E-state index is 0.864. The first-order valence-electron chi connectivity index (χ1n) is 5.96. The zero-order valence-electron chi connectivity index (χ0n) is 10.2. The van der Waals surface area contributed by atoms with E-state index in [-0.39, 0.29) is 0 Å². The largest absolute Gasteiger partial charge is 0.338 e. The smallest absolute Gasteiger partial charge is 0.137 e. The Morgan fingerprint density at radius 3 is 2.63 bits per heavy atom. The molecule has 0 fully saturated rings. The summed E-state index contributed by atoms with van der Waals surface area (Å²) < 4.78 is 0. The molecule has 2 aromatic heterocycles. The Balaban J connectivity index is 1.81. The molecule has 92 valence electrons. The van der Waals surface area contributed by atoms with E-state index in [9.17, 15) is 0 Å². The van der Waals surface area contributed by atoms with Gasteiger partial charge < -0.3 is 4.98 Å². The summed E-state index contributed by atoms with van der Waals surface area (Å²) in [4.78, 5) is 15.6. The molecule has 0 saturated heterocycles. The fraction of sp³-hybridized carbons (Fsp3) is 0. The molecule has 0 aliphatic heterocycles. The summed E-state index contributed by atoms with van der Waals surface area (Å²) in [7, 11) is 0. The zero-order valence-corrected chi connectivity index (χ0v) is 10.2. The highest BCUT2D eigenvalue weighted by molar-refractivity contribution is 5.67. The highest BCUT2D eigenvalue weighted by Gasteiger charge is 2.00. The van der Waals surface area contributed by atoms with Gasteiger partial charge in [-0.25, -0.2) is 15.0 Å². The SMILES string of the molecule is C(=C\c1cnc(-c2ccccc2)[nH]1)/c1ccncn1. The minimum absolute atomic E-state index is 0.864. The van der Waals surface area contributed by atoms with Gasteiger partial charge in [0.05, 0.1) is 17.6 Å². The molecule has 2 heterocycles. The van der Waals surface area contributed by atoms with Crippen molar-refractivity contribution in [3.8, 4) is 11.4 Å². The van der Waals surface area contributed by atoms with E-state index < -0.39 is 0 Å². The van der Waals surface area contributed by atoms with Gasteiger partial charge in [-0.15, -0.1) is 0 Å². The first-order chi connectivity index (χ1) is 9.42. The van der Waals surface area contributed by atoms with E-state index in [1.54, 1.807) is 12.4 Å². The van der Waals surface area contributed by atoms with Gasteiger partial charge in [-0.05, 0) is 18.2 Å². The van der Waals surface area contributed by atoms with Crippen LogP contribution in [0, 0.1) is 0 Å². The average Bonchev–Trinajstić information content (AvgIpc) is 2.96. The first-order valence-corrected chi connectivity index (χ1v) is 5.96. The van der Waals surface area contributed by atoms with E-state index in [0.717, 1.165) is 22.8 Å². The molecule has 1 aromatic carbocycles. The van der Waals surface area contributed by atoms with Crippen LogP contribution in [0.4, 0.5) is 0 Å². The quantitative estimate of drug-likeness (QED) is 0.775. The number of nitrogens with zero attached hydrogens (tertiary/aromatic N) is 3. The maximum Gasteiger partial charge on any atom is 0.137 e. The third-order valence-electron chi connectivity index (χ3n) is 2.68. The number of benzene rings is 1. The number of aromatic nitrogens is 4. The molecule has 0 aliphatic carbocycles. The van der Waals surface area contributed by atoms with Gasteiger partial charge in [-0.2, -0.15) is 0 Å². The van der Waals surface area contributed by atoms with Crippen molar-refractivity contribution in [2.45, 2.75) is 0 Å². The predicted molar refractivity (Wildman–Crippen MR) is 75.0 cm³/mol. The molecule has 4 heteroatoms. The minimum Gasteiger partial charge on any atom is -0.338 e. The topological polar surface area (TPSA) is 54.5 Å². The zero-order chi connectivity index (χ0) is 12.9. The fourth-order valence-electron chi connectivity index (χ4n) is 1.74. The molecular weight excluding hydrogens is 236 g/mol. The van der Waals surface area contributed by atoms with Gasteiger partial charge in [-0.1, -0.05) is 30.3 Å². The van der Waals surface area contributed by atoms with E-state index in [1.807, 2.05) is 48.6 Å². The second kappa shape index (κ2) is 5.27. The normalized spacial score (nSPS) is 10.9. The lowest BCUT2D eigenvalue weighted by atomic mass is 10.2. The van der Waals surface area contributed by atoms with Crippen LogP contribution >= 0.6 is 0 Å². The molecule has 0 saturated carbocycles. The van der Waals surface area contributed by atoms with Gasteiger partial charge in [0.15, 0.2) is 0 Å². The second-order valence-corrected chi connectivity index (χ2v) is 4.02. The summed E-state index contributed by atoms with van der Waals surface area (Å²) in [6.45, 7) is 0. The number of aromatic amines is 1. The number of imidazole rings is 1. The molecule has 19 heavy (non-hydrogen) atoms. The standard InChI is InChI=1S/C15H12N4/c1-2-4-12(5-3-1)15-17-10-14(19-15)7-6-13-8-9-16-11-18-13/h1-11H,(H,17,19)/b7-6+.